The van der Waals surface area contributed by atoms with Gasteiger partial charge < -0.3 is 10.5 Å². The number of benzene rings is 1. The Morgan fingerprint density at radius 3 is 2.52 bits per heavy atom. The zero-order valence-corrected chi connectivity index (χ0v) is 10.1. The predicted molar refractivity (Wildman–Crippen MR) is 66.2 cm³/mol. The molecule has 0 saturated carbocycles. The maximum atomic E-state index is 13.7. The molecule has 0 amide bonds. The minimum absolute atomic E-state index is 0.307. The van der Waals surface area contributed by atoms with Gasteiger partial charge in [-0.2, -0.15) is 4.98 Å². The molecule has 2 aromatic rings. The number of anilines is 1. The van der Waals surface area contributed by atoms with Gasteiger partial charge in [0.05, 0.1) is 15.9 Å². The van der Waals surface area contributed by atoms with Gasteiger partial charge in [-0.3, -0.25) is 20.2 Å². The summed E-state index contributed by atoms with van der Waals surface area (Å²) in [6.45, 7) is 0. The number of nitro groups is 2. The Kier molecular flexibility index (Phi) is 3.56. The molecule has 10 nitrogen and oxygen atoms in total. The third-order valence-corrected chi connectivity index (χ3v) is 2.28. The Morgan fingerprint density at radius 1 is 1.24 bits per heavy atom. The summed E-state index contributed by atoms with van der Waals surface area (Å²) in [5.41, 5.74) is 4.16. The second-order valence-electron chi connectivity index (χ2n) is 3.65. The number of aromatic nitrogens is 2. The molecule has 0 bridgehead atoms. The highest BCUT2D eigenvalue weighted by Crippen LogP contribution is 2.31. The topological polar surface area (TPSA) is 147 Å². The number of nitrogens with two attached hydrogens (primary N) is 1. The highest BCUT2D eigenvalue weighted by atomic mass is 19.1. The Bertz CT molecular complexity index is 738. The van der Waals surface area contributed by atoms with Crippen molar-refractivity contribution < 1.29 is 19.0 Å². The number of non-ortho nitro benzene ring substituents is 1. The summed E-state index contributed by atoms with van der Waals surface area (Å²) < 4.78 is 18.6. The summed E-state index contributed by atoms with van der Waals surface area (Å²) in [6.07, 6.45) is 0.807. The molecular formula is C10H6FN5O5. The lowest BCUT2D eigenvalue weighted by Gasteiger charge is -2.06. The Hall–Kier alpha value is -3.37. The van der Waals surface area contributed by atoms with Gasteiger partial charge >= 0.3 is 11.6 Å². The molecule has 21 heavy (non-hydrogen) atoms. The largest absolute Gasteiger partial charge is 0.430 e. The van der Waals surface area contributed by atoms with Crippen LogP contribution in [-0.2, 0) is 0 Å². The Balaban J connectivity index is 2.40. The van der Waals surface area contributed by atoms with E-state index in [-0.39, 0.29) is 5.95 Å². The van der Waals surface area contributed by atoms with Gasteiger partial charge in [-0.1, -0.05) is 0 Å². The molecule has 0 unspecified atom stereocenters. The van der Waals surface area contributed by atoms with Crippen molar-refractivity contribution in [2.24, 2.45) is 0 Å². The minimum Gasteiger partial charge on any atom is -0.430 e. The van der Waals surface area contributed by atoms with Gasteiger partial charge in [0.15, 0.2) is 11.6 Å². The van der Waals surface area contributed by atoms with Gasteiger partial charge in [0.2, 0.25) is 5.95 Å². The van der Waals surface area contributed by atoms with Crippen molar-refractivity contribution in [3.8, 4) is 11.6 Å². The second kappa shape index (κ2) is 5.32. The molecular weight excluding hydrogens is 289 g/mol. The van der Waals surface area contributed by atoms with Crippen molar-refractivity contribution in [3.05, 3.63) is 50.4 Å². The normalized spacial score (nSPS) is 10.1. The van der Waals surface area contributed by atoms with Crippen LogP contribution < -0.4 is 10.5 Å². The molecule has 0 radical (unpaired) electrons. The highest BCUT2D eigenvalue weighted by molar-refractivity contribution is 5.46. The first kappa shape index (κ1) is 14.0. The van der Waals surface area contributed by atoms with Gasteiger partial charge in [0.25, 0.3) is 5.69 Å². The summed E-state index contributed by atoms with van der Waals surface area (Å²) in [6, 6.07) is 2.55. The van der Waals surface area contributed by atoms with Crippen LogP contribution in [0, 0.1) is 26.0 Å². The third-order valence-electron chi connectivity index (χ3n) is 2.28. The average Bonchev–Trinajstić information content (AvgIpc) is 2.40. The van der Waals surface area contributed by atoms with Crippen LogP contribution in [0.15, 0.2) is 24.4 Å². The van der Waals surface area contributed by atoms with E-state index in [4.69, 9.17) is 10.5 Å². The van der Waals surface area contributed by atoms with Crippen LogP contribution in [0.3, 0.4) is 0 Å². The molecule has 0 aliphatic heterocycles. The molecule has 0 fully saturated rings. The lowest BCUT2D eigenvalue weighted by atomic mass is 10.3. The van der Waals surface area contributed by atoms with Crippen molar-refractivity contribution in [2.75, 3.05) is 5.73 Å². The van der Waals surface area contributed by atoms with E-state index in [1.165, 1.54) is 0 Å². The van der Waals surface area contributed by atoms with E-state index < -0.39 is 38.7 Å². The molecule has 0 spiro atoms. The fraction of sp³-hybridized carbons (Fsp3) is 0. The number of hydrogen-bond donors (Lipinski definition) is 1. The lowest BCUT2D eigenvalue weighted by Crippen LogP contribution is -2.02. The number of ether oxygens (including phenoxy) is 1. The number of nitro benzene ring substituents is 1. The first-order valence-electron chi connectivity index (χ1n) is 5.27. The molecule has 1 aromatic heterocycles. The van der Waals surface area contributed by atoms with E-state index in [2.05, 4.69) is 9.97 Å². The molecule has 2 N–H and O–H groups in total. The molecule has 0 saturated heterocycles. The van der Waals surface area contributed by atoms with Gasteiger partial charge in [-0.25, -0.2) is 9.37 Å². The first-order valence-corrected chi connectivity index (χ1v) is 5.27. The molecule has 0 aliphatic carbocycles. The number of halogens is 1. The monoisotopic (exact) mass is 295 g/mol. The van der Waals surface area contributed by atoms with Crippen LogP contribution in [0.25, 0.3) is 0 Å². The van der Waals surface area contributed by atoms with Crippen molar-refractivity contribution in [3.63, 3.8) is 0 Å². The van der Waals surface area contributed by atoms with Crippen LogP contribution in [0.5, 0.6) is 11.6 Å². The van der Waals surface area contributed by atoms with Crippen molar-refractivity contribution in [2.45, 2.75) is 0 Å². The maximum absolute atomic E-state index is 13.7. The van der Waals surface area contributed by atoms with Crippen LogP contribution in [0.2, 0.25) is 0 Å². The number of hydrogen-bond acceptors (Lipinski definition) is 8. The van der Waals surface area contributed by atoms with Crippen LogP contribution >= 0.6 is 0 Å². The van der Waals surface area contributed by atoms with Gasteiger partial charge in [0.1, 0.15) is 6.20 Å². The summed E-state index contributed by atoms with van der Waals surface area (Å²) >= 11 is 0. The van der Waals surface area contributed by atoms with E-state index in [0.717, 1.165) is 18.3 Å². The fourth-order valence-corrected chi connectivity index (χ4v) is 1.36. The summed E-state index contributed by atoms with van der Waals surface area (Å²) in [4.78, 5) is 26.5. The molecule has 1 aromatic carbocycles. The van der Waals surface area contributed by atoms with Crippen LogP contribution in [0.4, 0.5) is 21.7 Å². The lowest BCUT2D eigenvalue weighted by molar-refractivity contribution is -0.386. The Morgan fingerprint density at radius 2 is 1.95 bits per heavy atom. The van der Waals surface area contributed by atoms with E-state index >= 15 is 0 Å². The average molecular weight is 295 g/mol. The van der Waals surface area contributed by atoms with Crippen molar-refractivity contribution >= 4 is 17.3 Å². The molecule has 11 heteroatoms. The van der Waals surface area contributed by atoms with Crippen molar-refractivity contribution in [1.29, 1.82) is 0 Å². The van der Waals surface area contributed by atoms with Gasteiger partial charge in [0, 0.05) is 6.07 Å². The Labute approximate surface area is 115 Å². The highest BCUT2D eigenvalue weighted by Gasteiger charge is 2.21. The quantitative estimate of drug-likeness (QED) is 0.663. The van der Waals surface area contributed by atoms with E-state index in [9.17, 15) is 24.6 Å². The number of rotatable bonds is 4. The molecule has 108 valence electrons. The van der Waals surface area contributed by atoms with Gasteiger partial charge in [-0.15, -0.1) is 0 Å². The fourth-order valence-electron chi connectivity index (χ4n) is 1.36. The molecule has 2 rings (SSSR count). The smallest absolute Gasteiger partial charge is 0.349 e. The maximum Gasteiger partial charge on any atom is 0.349 e. The first-order chi connectivity index (χ1) is 9.88. The molecule has 0 aliphatic rings. The molecule has 1 heterocycles. The third kappa shape index (κ3) is 2.97. The second-order valence-corrected chi connectivity index (χ2v) is 3.65. The standard InChI is InChI=1S/C10H6FN5O5/c11-6-3-5(15(17)18)1-2-8(6)21-9-7(16(19)20)4-13-10(12)14-9/h1-4H,(H2,12,13,14). The zero-order valence-electron chi connectivity index (χ0n) is 10.1. The summed E-state index contributed by atoms with van der Waals surface area (Å²) in [7, 11) is 0. The summed E-state index contributed by atoms with van der Waals surface area (Å²) in [5, 5.41) is 21.3. The predicted octanol–water partition coefficient (Wildman–Crippen LogP) is 1.81. The minimum atomic E-state index is -1.07. The molecule has 0 atom stereocenters. The SMILES string of the molecule is Nc1ncc([N+](=O)[O-])c(Oc2ccc([N+](=O)[O-])cc2F)n1. The van der Waals surface area contributed by atoms with Gasteiger partial charge in [-0.05, 0) is 6.07 Å². The number of nitrogen functional groups attached to an aromatic ring is 1. The van der Waals surface area contributed by atoms with Crippen LogP contribution in [0.1, 0.15) is 0 Å². The van der Waals surface area contributed by atoms with E-state index in [1.807, 2.05) is 0 Å². The van der Waals surface area contributed by atoms with Crippen LogP contribution in [-0.4, -0.2) is 19.8 Å². The summed E-state index contributed by atoms with van der Waals surface area (Å²) in [5.74, 6) is -2.42. The van der Waals surface area contributed by atoms with Crippen molar-refractivity contribution in [1.82, 2.24) is 9.97 Å². The number of nitrogens with zero attached hydrogens (tertiary/aromatic N) is 4. The van der Waals surface area contributed by atoms with E-state index in [1.54, 1.807) is 0 Å². The zero-order chi connectivity index (χ0) is 15.6. The van der Waals surface area contributed by atoms with E-state index in [0.29, 0.717) is 6.07 Å².